The molecule has 6 nitrogen and oxygen atoms in total. The number of benzene rings is 1. The molecule has 0 saturated carbocycles. The van der Waals surface area contributed by atoms with Crippen molar-refractivity contribution in [2.24, 2.45) is 0 Å². The lowest BCUT2D eigenvalue weighted by molar-refractivity contribution is 0.246. The average Bonchev–Trinajstić information content (AvgIpc) is 3.03. The molecule has 7 heteroatoms. The summed E-state index contributed by atoms with van der Waals surface area (Å²) in [6.07, 6.45) is 2.32. The highest BCUT2D eigenvalue weighted by Crippen LogP contribution is 2.26. The molecule has 1 heterocycles. The molecule has 2 rings (SSSR count). The summed E-state index contributed by atoms with van der Waals surface area (Å²) in [7, 11) is -3.43. The fourth-order valence-electron chi connectivity index (χ4n) is 2.89. The van der Waals surface area contributed by atoms with E-state index in [-0.39, 0.29) is 6.04 Å². The number of nitrogens with zero attached hydrogens (tertiary/aromatic N) is 1. The quantitative estimate of drug-likeness (QED) is 0.717. The van der Waals surface area contributed by atoms with Crippen molar-refractivity contribution in [3.63, 3.8) is 0 Å². The Bertz CT molecular complexity index is 569. The Balaban J connectivity index is 2.10. The second-order valence-electron chi connectivity index (χ2n) is 5.61. The van der Waals surface area contributed by atoms with E-state index in [1.807, 2.05) is 31.2 Å². The summed E-state index contributed by atoms with van der Waals surface area (Å²) in [5, 5.41) is 0. The Morgan fingerprint density at radius 2 is 1.78 bits per heavy atom. The molecule has 1 fully saturated rings. The minimum absolute atomic E-state index is 0.0432. The van der Waals surface area contributed by atoms with Gasteiger partial charge in [0.25, 0.3) is 10.2 Å². The maximum atomic E-state index is 11.9. The van der Waals surface area contributed by atoms with E-state index in [1.165, 1.54) is 0 Å². The molecule has 0 aromatic heterocycles. The molecule has 0 aliphatic carbocycles. The number of ether oxygens (including phenoxy) is 1. The Labute approximate surface area is 139 Å². The van der Waals surface area contributed by atoms with Crippen LogP contribution < -0.4 is 14.2 Å². The van der Waals surface area contributed by atoms with Crippen molar-refractivity contribution in [3.8, 4) is 5.75 Å². The maximum absolute atomic E-state index is 11.9. The Kier molecular flexibility index (Phi) is 6.83. The van der Waals surface area contributed by atoms with Crippen LogP contribution in [0.5, 0.6) is 5.75 Å². The van der Waals surface area contributed by atoms with Gasteiger partial charge in [-0.2, -0.15) is 8.42 Å². The fourth-order valence-corrected chi connectivity index (χ4v) is 3.75. The molecule has 130 valence electrons. The van der Waals surface area contributed by atoms with E-state index in [2.05, 4.69) is 14.3 Å². The normalized spacial score (nSPS) is 17.3. The summed E-state index contributed by atoms with van der Waals surface area (Å²) in [4.78, 5) is 2.34. The second kappa shape index (κ2) is 8.63. The molecule has 0 amide bonds. The first-order chi connectivity index (χ1) is 11.1. The molecular formula is C16H27N3O3S. The van der Waals surface area contributed by atoms with Crippen molar-refractivity contribution < 1.29 is 13.2 Å². The second-order valence-corrected chi connectivity index (χ2v) is 7.19. The molecule has 1 aromatic rings. The minimum Gasteiger partial charge on any atom is -0.494 e. The van der Waals surface area contributed by atoms with Crippen molar-refractivity contribution in [3.05, 3.63) is 29.8 Å². The van der Waals surface area contributed by atoms with E-state index < -0.39 is 10.2 Å². The van der Waals surface area contributed by atoms with Gasteiger partial charge in [0.2, 0.25) is 0 Å². The molecule has 2 N–H and O–H groups in total. The zero-order valence-corrected chi connectivity index (χ0v) is 14.7. The zero-order valence-electron chi connectivity index (χ0n) is 13.9. The van der Waals surface area contributed by atoms with Gasteiger partial charge in [0, 0.05) is 19.1 Å². The molecule has 1 aromatic carbocycles. The van der Waals surface area contributed by atoms with Gasteiger partial charge in [-0.3, -0.25) is 4.90 Å². The van der Waals surface area contributed by atoms with E-state index in [0.29, 0.717) is 19.7 Å². The summed E-state index contributed by atoms with van der Waals surface area (Å²) in [6, 6.07) is 7.98. The summed E-state index contributed by atoms with van der Waals surface area (Å²) >= 11 is 0. The molecule has 0 spiro atoms. The number of nitrogens with one attached hydrogen (secondary N) is 2. The van der Waals surface area contributed by atoms with Crippen LogP contribution >= 0.6 is 0 Å². The summed E-state index contributed by atoms with van der Waals surface area (Å²) in [5.74, 6) is 0.838. The van der Waals surface area contributed by atoms with Crippen LogP contribution in [0.1, 0.15) is 38.3 Å². The van der Waals surface area contributed by atoms with E-state index in [1.54, 1.807) is 6.92 Å². The van der Waals surface area contributed by atoms with Crippen LogP contribution in [0.15, 0.2) is 24.3 Å². The Morgan fingerprint density at radius 3 is 2.35 bits per heavy atom. The zero-order chi connectivity index (χ0) is 16.7. The topological polar surface area (TPSA) is 70.7 Å². The Morgan fingerprint density at radius 1 is 1.13 bits per heavy atom. The number of hydrogen-bond acceptors (Lipinski definition) is 4. The standard InChI is InChI=1S/C16H27N3O3S/c1-3-17-23(20,21)18-13-16(19-11-5-6-12-19)14-7-9-15(10-8-14)22-4-2/h7-10,16-18H,3-6,11-13H2,1-2H3. The smallest absolute Gasteiger partial charge is 0.276 e. The van der Waals surface area contributed by atoms with Gasteiger partial charge >= 0.3 is 0 Å². The van der Waals surface area contributed by atoms with Gasteiger partial charge in [-0.25, -0.2) is 9.44 Å². The average molecular weight is 341 g/mol. The SMILES string of the molecule is CCNS(=O)(=O)NCC(c1ccc(OCC)cc1)N1CCCC1. The van der Waals surface area contributed by atoms with Crippen LogP contribution in [0.4, 0.5) is 0 Å². The minimum atomic E-state index is -3.43. The van der Waals surface area contributed by atoms with Gasteiger partial charge in [0.1, 0.15) is 5.75 Å². The number of likely N-dealkylation sites (tertiary alicyclic amines) is 1. The first kappa shape index (κ1) is 18.2. The van der Waals surface area contributed by atoms with Crippen LogP contribution in [0, 0.1) is 0 Å². The molecule has 1 aliphatic rings. The molecule has 0 bridgehead atoms. The summed E-state index contributed by atoms with van der Waals surface area (Å²) < 4.78 is 34.3. The summed E-state index contributed by atoms with van der Waals surface area (Å²) in [6.45, 7) is 7.11. The first-order valence-corrected chi connectivity index (χ1v) is 9.75. The van der Waals surface area contributed by atoms with Gasteiger partial charge in [-0.1, -0.05) is 19.1 Å². The number of rotatable bonds is 9. The van der Waals surface area contributed by atoms with Gasteiger partial charge in [-0.05, 0) is 50.6 Å². The van der Waals surface area contributed by atoms with Gasteiger partial charge in [0.15, 0.2) is 0 Å². The van der Waals surface area contributed by atoms with E-state index in [0.717, 1.165) is 37.2 Å². The number of hydrogen-bond donors (Lipinski definition) is 2. The monoisotopic (exact) mass is 341 g/mol. The summed E-state index contributed by atoms with van der Waals surface area (Å²) in [5.41, 5.74) is 1.11. The van der Waals surface area contributed by atoms with Crippen LogP contribution in [0.2, 0.25) is 0 Å². The first-order valence-electron chi connectivity index (χ1n) is 8.26. The van der Waals surface area contributed by atoms with Crippen LogP contribution in [0.25, 0.3) is 0 Å². The van der Waals surface area contributed by atoms with E-state index in [9.17, 15) is 8.42 Å². The largest absolute Gasteiger partial charge is 0.494 e. The molecule has 1 saturated heterocycles. The van der Waals surface area contributed by atoms with E-state index in [4.69, 9.17) is 4.74 Å². The fraction of sp³-hybridized carbons (Fsp3) is 0.625. The molecule has 1 aliphatic heterocycles. The van der Waals surface area contributed by atoms with E-state index >= 15 is 0 Å². The van der Waals surface area contributed by atoms with Crippen LogP contribution in [-0.2, 0) is 10.2 Å². The van der Waals surface area contributed by atoms with Crippen molar-refractivity contribution in [2.75, 3.05) is 32.8 Å². The maximum Gasteiger partial charge on any atom is 0.276 e. The third-order valence-electron chi connectivity index (χ3n) is 3.96. The van der Waals surface area contributed by atoms with Crippen LogP contribution in [-0.4, -0.2) is 46.1 Å². The third kappa shape index (κ3) is 5.46. The molecular weight excluding hydrogens is 314 g/mol. The lowest BCUT2D eigenvalue weighted by Gasteiger charge is -2.28. The third-order valence-corrected chi connectivity index (χ3v) is 5.17. The molecule has 1 unspecified atom stereocenters. The van der Waals surface area contributed by atoms with Crippen molar-refractivity contribution >= 4 is 10.2 Å². The van der Waals surface area contributed by atoms with Gasteiger partial charge in [-0.15, -0.1) is 0 Å². The molecule has 0 radical (unpaired) electrons. The van der Waals surface area contributed by atoms with Gasteiger partial charge in [0.05, 0.1) is 6.61 Å². The highest BCUT2D eigenvalue weighted by molar-refractivity contribution is 7.87. The molecule has 1 atom stereocenters. The van der Waals surface area contributed by atoms with Gasteiger partial charge < -0.3 is 4.74 Å². The Hall–Kier alpha value is -1.15. The lowest BCUT2D eigenvalue weighted by atomic mass is 10.1. The highest BCUT2D eigenvalue weighted by atomic mass is 32.2. The lowest BCUT2D eigenvalue weighted by Crippen LogP contribution is -2.42. The molecule has 23 heavy (non-hydrogen) atoms. The van der Waals surface area contributed by atoms with Crippen molar-refractivity contribution in [2.45, 2.75) is 32.7 Å². The predicted molar refractivity (Wildman–Crippen MR) is 91.8 cm³/mol. The van der Waals surface area contributed by atoms with Crippen molar-refractivity contribution in [1.82, 2.24) is 14.3 Å². The highest BCUT2D eigenvalue weighted by Gasteiger charge is 2.25. The van der Waals surface area contributed by atoms with Crippen molar-refractivity contribution in [1.29, 1.82) is 0 Å². The predicted octanol–water partition coefficient (Wildman–Crippen LogP) is 1.67. The van der Waals surface area contributed by atoms with Crippen LogP contribution in [0.3, 0.4) is 0 Å².